The number of nitrogens with one attached hydrogen (secondary N) is 1. The second-order valence-electron chi connectivity index (χ2n) is 3.88. The van der Waals surface area contributed by atoms with E-state index in [0.29, 0.717) is 0 Å². The third-order valence-electron chi connectivity index (χ3n) is 2.67. The first-order chi connectivity index (χ1) is 6.56. The number of aliphatic hydroxyl groups is 1. The monoisotopic (exact) mass is 193 g/mol. The van der Waals surface area contributed by atoms with Gasteiger partial charge < -0.3 is 10.4 Å². The molecule has 1 rings (SSSR count). The van der Waals surface area contributed by atoms with E-state index < -0.39 is 6.10 Å². The Morgan fingerprint density at radius 2 is 1.93 bits per heavy atom. The topological polar surface area (TPSA) is 32.3 Å². The van der Waals surface area contributed by atoms with Crippen molar-refractivity contribution < 1.29 is 5.11 Å². The highest BCUT2D eigenvalue weighted by Gasteiger charge is 2.15. The molecule has 2 nitrogen and oxygen atoms in total. The van der Waals surface area contributed by atoms with E-state index in [0.717, 1.165) is 11.1 Å². The number of hydrogen-bond acceptors (Lipinski definition) is 2. The number of likely N-dealkylation sites (N-methyl/N-ethyl adjacent to an activating group) is 1. The van der Waals surface area contributed by atoms with Gasteiger partial charge in [0.25, 0.3) is 0 Å². The zero-order chi connectivity index (χ0) is 10.7. The smallest absolute Gasteiger partial charge is 0.0942 e. The van der Waals surface area contributed by atoms with E-state index in [-0.39, 0.29) is 6.04 Å². The maximum atomic E-state index is 10.00. The fourth-order valence-electron chi connectivity index (χ4n) is 1.58. The Morgan fingerprint density at radius 1 is 1.29 bits per heavy atom. The van der Waals surface area contributed by atoms with Crippen molar-refractivity contribution in [1.82, 2.24) is 5.32 Å². The number of hydrogen-bond donors (Lipinski definition) is 2. The first-order valence-corrected chi connectivity index (χ1v) is 4.98. The molecule has 0 saturated carbocycles. The highest BCUT2D eigenvalue weighted by atomic mass is 16.3. The van der Waals surface area contributed by atoms with Gasteiger partial charge in [-0.2, -0.15) is 0 Å². The predicted molar refractivity (Wildman–Crippen MR) is 59.4 cm³/mol. The highest BCUT2D eigenvalue weighted by Crippen LogP contribution is 2.21. The summed E-state index contributed by atoms with van der Waals surface area (Å²) in [6, 6.07) is 6.22. The van der Waals surface area contributed by atoms with Crippen LogP contribution in [0, 0.1) is 13.8 Å². The van der Waals surface area contributed by atoms with Crippen molar-refractivity contribution in [3.05, 3.63) is 34.9 Å². The summed E-state index contributed by atoms with van der Waals surface area (Å²) >= 11 is 0. The van der Waals surface area contributed by atoms with Crippen LogP contribution >= 0.6 is 0 Å². The van der Waals surface area contributed by atoms with E-state index in [1.165, 1.54) is 5.56 Å². The van der Waals surface area contributed by atoms with Crippen LogP contribution < -0.4 is 5.32 Å². The Labute approximate surface area is 86.0 Å². The van der Waals surface area contributed by atoms with Gasteiger partial charge in [0.1, 0.15) is 0 Å². The van der Waals surface area contributed by atoms with E-state index in [1.807, 2.05) is 33.0 Å². The molecule has 0 fully saturated rings. The summed E-state index contributed by atoms with van der Waals surface area (Å²) < 4.78 is 0. The van der Waals surface area contributed by atoms with Gasteiger partial charge in [-0.1, -0.05) is 23.8 Å². The lowest BCUT2D eigenvalue weighted by Gasteiger charge is -2.20. The van der Waals surface area contributed by atoms with Crippen LogP contribution in [-0.4, -0.2) is 18.2 Å². The van der Waals surface area contributed by atoms with E-state index in [2.05, 4.69) is 18.3 Å². The molecule has 0 aliphatic carbocycles. The fraction of sp³-hybridized carbons (Fsp3) is 0.500. The van der Waals surface area contributed by atoms with Crippen LogP contribution in [0.15, 0.2) is 18.2 Å². The van der Waals surface area contributed by atoms with Crippen molar-refractivity contribution in [2.24, 2.45) is 0 Å². The van der Waals surface area contributed by atoms with Gasteiger partial charge in [0.15, 0.2) is 0 Å². The lowest BCUT2D eigenvalue weighted by atomic mass is 9.97. The quantitative estimate of drug-likeness (QED) is 0.769. The van der Waals surface area contributed by atoms with Gasteiger partial charge in [0, 0.05) is 6.04 Å². The minimum absolute atomic E-state index is 0.0800. The number of aryl methyl sites for hydroxylation is 2. The van der Waals surface area contributed by atoms with Gasteiger partial charge >= 0.3 is 0 Å². The minimum atomic E-state index is -0.430. The van der Waals surface area contributed by atoms with Crippen LogP contribution in [0.5, 0.6) is 0 Å². The molecule has 1 aromatic carbocycles. The van der Waals surface area contributed by atoms with Crippen molar-refractivity contribution in [2.45, 2.75) is 32.9 Å². The summed E-state index contributed by atoms with van der Waals surface area (Å²) in [6.07, 6.45) is -0.430. The molecule has 14 heavy (non-hydrogen) atoms. The Hall–Kier alpha value is -0.860. The fourth-order valence-corrected chi connectivity index (χ4v) is 1.58. The minimum Gasteiger partial charge on any atom is -0.387 e. The predicted octanol–water partition coefficient (Wildman–Crippen LogP) is 1.94. The van der Waals surface area contributed by atoms with Crippen molar-refractivity contribution in [2.75, 3.05) is 7.05 Å². The second-order valence-corrected chi connectivity index (χ2v) is 3.88. The molecule has 0 spiro atoms. The lowest BCUT2D eigenvalue weighted by Crippen LogP contribution is -2.29. The van der Waals surface area contributed by atoms with Crippen LogP contribution in [0.3, 0.4) is 0 Å². The van der Waals surface area contributed by atoms with E-state index in [4.69, 9.17) is 0 Å². The Balaban J connectivity index is 2.95. The van der Waals surface area contributed by atoms with Crippen molar-refractivity contribution in [3.63, 3.8) is 0 Å². The molecule has 0 radical (unpaired) electrons. The summed E-state index contributed by atoms with van der Waals surface area (Å²) in [5.74, 6) is 0. The molecule has 0 bridgehead atoms. The Kier molecular flexibility index (Phi) is 3.67. The maximum absolute atomic E-state index is 10.00. The zero-order valence-corrected chi connectivity index (χ0v) is 9.33. The van der Waals surface area contributed by atoms with Gasteiger partial charge in [-0.05, 0) is 38.9 Å². The van der Waals surface area contributed by atoms with Gasteiger partial charge in [-0.3, -0.25) is 0 Å². The summed E-state index contributed by atoms with van der Waals surface area (Å²) in [5.41, 5.74) is 3.40. The van der Waals surface area contributed by atoms with E-state index in [1.54, 1.807) is 0 Å². The Bertz CT molecular complexity index is 309. The molecule has 0 saturated heterocycles. The van der Waals surface area contributed by atoms with Crippen molar-refractivity contribution in [3.8, 4) is 0 Å². The maximum Gasteiger partial charge on any atom is 0.0942 e. The van der Waals surface area contributed by atoms with Gasteiger partial charge in [0.2, 0.25) is 0 Å². The second kappa shape index (κ2) is 4.58. The number of aliphatic hydroxyl groups excluding tert-OH is 1. The van der Waals surface area contributed by atoms with Crippen molar-refractivity contribution in [1.29, 1.82) is 0 Å². The number of benzene rings is 1. The van der Waals surface area contributed by atoms with Crippen LogP contribution in [0.2, 0.25) is 0 Å². The average molecular weight is 193 g/mol. The molecule has 0 amide bonds. The first-order valence-electron chi connectivity index (χ1n) is 4.98. The van der Waals surface area contributed by atoms with Crippen molar-refractivity contribution >= 4 is 0 Å². The molecule has 2 heteroatoms. The van der Waals surface area contributed by atoms with E-state index >= 15 is 0 Å². The average Bonchev–Trinajstić information content (AvgIpc) is 2.15. The lowest BCUT2D eigenvalue weighted by molar-refractivity contribution is 0.139. The van der Waals surface area contributed by atoms with Gasteiger partial charge in [0.05, 0.1) is 6.10 Å². The van der Waals surface area contributed by atoms with Gasteiger partial charge in [-0.15, -0.1) is 0 Å². The van der Waals surface area contributed by atoms with Gasteiger partial charge in [-0.25, -0.2) is 0 Å². The third kappa shape index (κ3) is 2.34. The summed E-state index contributed by atoms with van der Waals surface area (Å²) in [5, 5.41) is 13.1. The SMILES string of the molecule is CN[C@@H](C)C(O)c1ccc(C)cc1C. The molecule has 2 atom stereocenters. The number of rotatable bonds is 3. The van der Waals surface area contributed by atoms with Crippen LogP contribution in [-0.2, 0) is 0 Å². The molecule has 0 aromatic heterocycles. The third-order valence-corrected chi connectivity index (χ3v) is 2.67. The standard InChI is InChI=1S/C12H19NO/c1-8-5-6-11(9(2)7-8)12(14)10(3)13-4/h5-7,10,12-14H,1-4H3/t10-,12?/m0/s1. The molecular formula is C12H19NO. The first kappa shape index (κ1) is 11.2. The summed E-state index contributed by atoms with van der Waals surface area (Å²) in [4.78, 5) is 0. The van der Waals surface area contributed by atoms with Crippen LogP contribution in [0.1, 0.15) is 29.7 Å². The van der Waals surface area contributed by atoms with Crippen LogP contribution in [0.25, 0.3) is 0 Å². The zero-order valence-electron chi connectivity index (χ0n) is 9.33. The molecular weight excluding hydrogens is 174 g/mol. The molecule has 1 aromatic rings. The normalized spacial score (nSPS) is 15.2. The molecule has 2 N–H and O–H groups in total. The Morgan fingerprint density at radius 3 is 2.43 bits per heavy atom. The van der Waals surface area contributed by atoms with Crippen LogP contribution in [0.4, 0.5) is 0 Å². The molecule has 1 unspecified atom stereocenters. The molecule has 78 valence electrons. The highest BCUT2D eigenvalue weighted by molar-refractivity contribution is 5.32. The summed E-state index contributed by atoms with van der Waals surface area (Å²) in [7, 11) is 1.86. The summed E-state index contributed by atoms with van der Waals surface area (Å²) in [6.45, 7) is 6.07. The molecule has 0 aliphatic heterocycles. The molecule has 0 heterocycles. The van der Waals surface area contributed by atoms with E-state index in [9.17, 15) is 5.11 Å². The molecule has 0 aliphatic rings. The largest absolute Gasteiger partial charge is 0.387 e.